The molecule has 26 heavy (non-hydrogen) atoms. The third-order valence-corrected chi connectivity index (χ3v) is 5.88. The lowest BCUT2D eigenvalue weighted by Gasteiger charge is -2.26. The van der Waals surface area contributed by atoms with E-state index in [1.165, 1.54) is 16.9 Å². The Bertz CT molecular complexity index is 980. The highest BCUT2D eigenvalue weighted by Gasteiger charge is 2.22. The monoisotopic (exact) mass is 367 g/mol. The Kier molecular flexibility index (Phi) is 4.26. The van der Waals surface area contributed by atoms with Gasteiger partial charge in [-0.25, -0.2) is 4.98 Å². The first-order chi connectivity index (χ1) is 12.5. The molecule has 2 aromatic heterocycles. The van der Waals surface area contributed by atoms with Crippen LogP contribution in [0.25, 0.3) is 10.2 Å². The van der Waals surface area contributed by atoms with Crippen molar-refractivity contribution in [1.82, 2.24) is 9.88 Å². The summed E-state index contributed by atoms with van der Waals surface area (Å²) >= 11 is 1.35. The molecule has 1 aliphatic heterocycles. The lowest BCUT2D eigenvalue weighted by atomic mass is 10.0. The number of nitrogens with one attached hydrogen (secondary N) is 1. The summed E-state index contributed by atoms with van der Waals surface area (Å²) < 4.78 is 0. The molecule has 0 aliphatic carbocycles. The van der Waals surface area contributed by atoms with Crippen LogP contribution >= 0.6 is 11.3 Å². The zero-order valence-corrected chi connectivity index (χ0v) is 15.4. The second-order valence-electron chi connectivity index (χ2n) is 6.49. The highest BCUT2D eigenvalue weighted by molar-refractivity contribution is 7.21. The molecule has 3 heterocycles. The third kappa shape index (κ3) is 3.00. The molecule has 3 aromatic rings. The van der Waals surface area contributed by atoms with Crippen molar-refractivity contribution >= 4 is 44.5 Å². The average molecular weight is 367 g/mol. The van der Waals surface area contributed by atoms with Crippen molar-refractivity contribution in [2.75, 3.05) is 29.9 Å². The molecule has 1 aliphatic rings. The largest absolute Gasteiger partial charge is 0.399 e. The lowest BCUT2D eigenvalue weighted by molar-refractivity contribution is 0.103. The smallest absolute Gasteiger partial charge is 0.267 e. The van der Waals surface area contributed by atoms with Gasteiger partial charge in [0.2, 0.25) is 0 Å². The van der Waals surface area contributed by atoms with E-state index in [9.17, 15) is 4.79 Å². The van der Waals surface area contributed by atoms with Gasteiger partial charge >= 0.3 is 0 Å². The van der Waals surface area contributed by atoms with Crippen LogP contribution in [0.1, 0.15) is 27.9 Å². The zero-order valence-electron chi connectivity index (χ0n) is 14.6. The Labute approximate surface area is 155 Å². The first-order valence-corrected chi connectivity index (χ1v) is 9.47. The van der Waals surface area contributed by atoms with Crippen LogP contribution in [-0.2, 0) is 13.0 Å². The van der Waals surface area contributed by atoms with Gasteiger partial charge in [0.05, 0.1) is 5.69 Å². The molecule has 1 amide bonds. The fraction of sp³-hybridized carbons (Fsp3) is 0.263. The molecule has 134 valence electrons. The van der Waals surface area contributed by atoms with Crippen LogP contribution in [0.2, 0.25) is 0 Å². The predicted octanol–water partition coefficient (Wildman–Crippen LogP) is 3.09. The molecule has 0 spiro atoms. The maximum absolute atomic E-state index is 12.7. The van der Waals surface area contributed by atoms with Gasteiger partial charge in [0.25, 0.3) is 5.91 Å². The number of pyridine rings is 1. The second kappa shape index (κ2) is 6.59. The summed E-state index contributed by atoms with van der Waals surface area (Å²) in [4.78, 5) is 21.2. The summed E-state index contributed by atoms with van der Waals surface area (Å²) in [6.07, 6.45) is 0.934. The molecule has 1 aromatic carbocycles. The molecule has 0 saturated heterocycles. The summed E-state index contributed by atoms with van der Waals surface area (Å²) in [5.41, 5.74) is 16.1. The van der Waals surface area contributed by atoms with E-state index in [2.05, 4.69) is 23.2 Å². The van der Waals surface area contributed by atoms with Crippen molar-refractivity contribution in [3.63, 3.8) is 0 Å². The molecule has 0 radical (unpaired) electrons. The molecule has 6 nitrogen and oxygen atoms in total. The topological polar surface area (TPSA) is 97.3 Å². The van der Waals surface area contributed by atoms with Crippen molar-refractivity contribution in [2.45, 2.75) is 19.9 Å². The Morgan fingerprint density at radius 2 is 2.08 bits per heavy atom. The van der Waals surface area contributed by atoms with Gasteiger partial charge in [0.1, 0.15) is 9.71 Å². The van der Waals surface area contributed by atoms with Gasteiger partial charge in [-0.1, -0.05) is 6.92 Å². The van der Waals surface area contributed by atoms with Gasteiger partial charge in [0, 0.05) is 42.0 Å². The molecule has 7 heteroatoms. The molecule has 0 atom stereocenters. The van der Waals surface area contributed by atoms with E-state index in [0.717, 1.165) is 42.0 Å². The first kappa shape index (κ1) is 16.8. The van der Waals surface area contributed by atoms with Gasteiger partial charge in [-0.2, -0.15) is 0 Å². The minimum atomic E-state index is -0.219. The molecule has 4 rings (SSSR count). The highest BCUT2D eigenvalue weighted by Crippen LogP contribution is 2.35. The number of hydrogen-bond acceptors (Lipinski definition) is 6. The Morgan fingerprint density at radius 1 is 1.31 bits per heavy atom. The molecule has 0 unspecified atom stereocenters. The van der Waals surface area contributed by atoms with Crippen LogP contribution in [0.3, 0.4) is 0 Å². The van der Waals surface area contributed by atoms with E-state index in [-0.39, 0.29) is 5.91 Å². The van der Waals surface area contributed by atoms with Crippen molar-refractivity contribution < 1.29 is 4.79 Å². The quantitative estimate of drug-likeness (QED) is 0.618. The maximum Gasteiger partial charge on any atom is 0.267 e. The second-order valence-corrected chi connectivity index (χ2v) is 7.49. The zero-order chi connectivity index (χ0) is 18.3. The fourth-order valence-electron chi connectivity index (χ4n) is 3.25. The average Bonchev–Trinajstić information content (AvgIpc) is 2.97. The maximum atomic E-state index is 12.7. The number of fused-ring (bicyclic) bond motifs is 2. The van der Waals surface area contributed by atoms with Crippen molar-refractivity contribution in [2.24, 2.45) is 0 Å². The number of nitrogens with two attached hydrogens (primary N) is 2. The van der Waals surface area contributed by atoms with Crippen molar-refractivity contribution in [1.29, 1.82) is 0 Å². The van der Waals surface area contributed by atoms with Crippen LogP contribution in [0.15, 0.2) is 30.3 Å². The van der Waals surface area contributed by atoms with Gasteiger partial charge in [-0.15, -0.1) is 11.3 Å². The summed E-state index contributed by atoms with van der Waals surface area (Å²) in [5, 5.41) is 3.74. The number of likely N-dealkylation sites (N-methyl/N-ethyl adjacent to an activating group) is 1. The molecule has 5 N–H and O–H groups in total. The summed E-state index contributed by atoms with van der Waals surface area (Å²) in [7, 11) is 0. The highest BCUT2D eigenvalue weighted by atomic mass is 32.1. The Hall–Kier alpha value is -2.64. The number of hydrogen-bond donors (Lipinski definition) is 3. The summed E-state index contributed by atoms with van der Waals surface area (Å²) in [5.74, 6) is -0.219. The normalized spacial score (nSPS) is 14.3. The molecular formula is C19H21N5OS. The molecule has 0 fully saturated rings. The van der Waals surface area contributed by atoms with E-state index in [4.69, 9.17) is 16.5 Å². The van der Waals surface area contributed by atoms with E-state index in [1.807, 2.05) is 0 Å². The van der Waals surface area contributed by atoms with Crippen LogP contribution in [0.5, 0.6) is 0 Å². The van der Waals surface area contributed by atoms with E-state index < -0.39 is 0 Å². The van der Waals surface area contributed by atoms with E-state index in [0.29, 0.717) is 21.9 Å². The van der Waals surface area contributed by atoms with E-state index >= 15 is 0 Å². The number of carbonyl (C=O) groups is 1. The number of benzene rings is 1. The van der Waals surface area contributed by atoms with Gasteiger partial charge in [0.15, 0.2) is 0 Å². The van der Waals surface area contributed by atoms with Crippen molar-refractivity contribution in [3.05, 3.63) is 46.5 Å². The summed E-state index contributed by atoms with van der Waals surface area (Å²) in [6.45, 7) is 5.09. The summed E-state index contributed by atoms with van der Waals surface area (Å²) in [6, 6.07) is 9.14. The molecule has 0 saturated carbocycles. The Morgan fingerprint density at radius 3 is 2.81 bits per heavy atom. The predicted molar refractivity (Wildman–Crippen MR) is 107 cm³/mol. The van der Waals surface area contributed by atoms with Gasteiger partial charge in [-0.05, 0) is 42.4 Å². The number of carbonyl (C=O) groups excluding carboxylic acids is 1. The van der Waals surface area contributed by atoms with Crippen LogP contribution in [0, 0.1) is 0 Å². The molecular weight excluding hydrogens is 346 g/mol. The SMILES string of the molecule is CCN1CCc2nc3sc(C(=O)Nc4ccc(N)cc4)c(N)c3cc2C1. The number of aromatic nitrogens is 1. The number of amides is 1. The van der Waals surface area contributed by atoms with E-state index in [1.54, 1.807) is 24.3 Å². The number of nitrogens with zero attached hydrogens (tertiary/aromatic N) is 2. The number of thiophene rings is 1. The molecule has 0 bridgehead atoms. The first-order valence-electron chi connectivity index (χ1n) is 8.65. The lowest BCUT2D eigenvalue weighted by Crippen LogP contribution is -2.30. The Balaban J connectivity index is 1.67. The standard InChI is InChI=1S/C19H21N5OS/c1-2-24-8-7-15-11(10-24)9-14-16(21)17(26-19(14)23-15)18(25)22-13-5-3-12(20)4-6-13/h3-6,9H,2,7-8,10,20-21H2,1H3,(H,22,25). The van der Waals surface area contributed by atoms with Gasteiger partial charge < -0.3 is 16.8 Å². The number of rotatable bonds is 3. The van der Waals surface area contributed by atoms with Crippen LogP contribution < -0.4 is 16.8 Å². The van der Waals surface area contributed by atoms with Crippen molar-refractivity contribution in [3.8, 4) is 0 Å². The van der Waals surface area contributed by atoms with Crippen LogP contribution in [0.4, 0.5) is 17.1 Å². The number of anilines is 3. The third-order valence-electron chi connectivity index (χ3n) is 4.77. The van der Waals surface area contributed by atoms with Crippen LogP contribution in [-0.4, -0.2) is 28.9 Å². The number of nitrogen functional groups attached to an aromatic ring is 2. The minimum Gasteiger partial charge on any atom is -0.399 e. The van der Waals surface area contributed by atoms with Gasteiger partial charge in [-0.3, -0.25) is 9.69 Å². The minimum absolute atomic E-state index is 0.219. The fourth-order valence-corrected chi connectivity index (χ4v) is 4.24.